The molecule has 0 fully saturated rings. The first-order valence-corrected chi connectivity index (χ1v) is 11.1. The average molecular weight is 439 g/mol. The average Bonchev–Trinajstić information content (AvgIpc) is 3.44. The second-order valence-electron chi connectivity index (χ2n) is 6.62. The number of hydrogen-bond donors (Lipinski definition) is 0. The lowest BCUT2D eigenvalue weighted by Crippen LogP contribution is -2.26. The fraction of sp³-hybridized carbons (Fsp3) is 0.182. The molecule has 0 saturated heterocycles. The maximum atomic E-state index is 12.9. The number of aromatic nitrogens is 2. The number of esters is 1. The van der Waals surface area contributed by atoms with Crippen molar-refractivity contribution in [1.82, 2.24) is 9.55 Å². The molecule has 0 saturated carbocycles. The van der Waals surface area contributed by atoms with Gasteiger partial charge in [0.2, 0.25) is 0 Å². The molecule has 0 aliphatic rings. The van der Waals surface area contributed by atoms with Crippen LogP contribution in [0.25, 0.3) is 20.7 Å². The van der Waals surface area contributed by atoms with Crippen LogP contribution in [0.15, 0.2) is 58.3 Å². The first-order chi connectivity index (χ1) is 14.6. The Bertz CT molecular complexity index is 1250. The van der Waals surface area contributed by atoms with Gasteiger partial charge in [-0.05, 0) is 23.4 Å². The van der Waals surface area contributed by atoms with Crippen LogP contribution in [-0.4, -0.2) is 27.9 Å². The van der Waals surface area contributed by atoms with E-state index in [1.165, 1.54) is 33.6 Å². The number of carbonyl (C=O) groups is 2. The predicted octanol–water partition coefficient (Wildman–Crippen LogP) is 4.18. The molecule has 4 rings (SSSR count). The molecule has 8 heteroatoms. The molecular formula is C22H18N2O4S2. The molecular weight excluding hydrogens is 420 g/mol. The minimum absolute atomic E-state index is 0.287. The Morgan fingerprint density at radius 3 is 2.63 bits per heavy atom. The van der Waals surface area contributed by atoms with Crippen molar-refractivity contribution in [3.63, 3.8) is 0 Å². The van der Waals surface area contributed by atoms with Gasteiger partial charge in [-0.2, -0.15) is 0 Å². The molecule has 6 nitrogen and oxygen atoms in total. The van der Waals surface area contributed by atoms with Gasteiger partial charge >= 0.3 is 5.97 Å². The molecule has 0 amide bonds. The SMILES string of the molecule is CCc1ccc(C(=O)COC(=O)Cn2cnc3scc(-c4cccs4)c3c2=O)cc1. The second-order valence-corrected chi connectivity index (χ2v) is 8.42. The van der Waals surface area contributed by atoms with Gasteiger partial charge in [-0.3, -0.25) is 19.0 Å². The third-order valence-electron chi connectivity index (χ3n) is 4.70. The van der Waals surface area contributed by atoms with E-state index in [1.54, 1.807) is 12.1 Å². The summed E-state index contributed by atoms with van der Waals surface area (Å²) in [6.45, 7) is 1.36. The molecule has 0 unspecified atom stereocenters. The molecule has 0 atom stereocenters. The van der Waals surface area contributed by atoms with Crippen LogP contribution in [0.5, 0.6) is 0 Å². The highest BCUT2D eigenvalue weighted by Crippen LogP contribution is 2.33. The Kier molecular flexibility index (Phi) is 5.87. The number of rotatable bonds is 7. The number of ketones is 1. The van der Waals surface area contributed by atoms with Crippen LogP contribution in [0, 0.1) is 0 Å². The standard InChI is InChI=1S/C22H18N2O4S2/c1-2-14-5-7-15(8-6-14)17(25)11-28-19(26)10-24-13-23-21-20(22(24)27)16(12-30-21)18-4-3-9-29-18/h3-9,12-13H,2,10-11H2,1H3. The summed E-state index contributed by atoms with van der Waals surface area (Å²) in [5, 5.41) is 4.33. The summed E-state index contributed by atoms with van der Waals surface area (Å²) in [6, 6.07) is 11.1. The van der Waals surface area contributed by atoms with Gasteiger partial charge < -0.3 is 4.74 Å². The monoisotopic (exact) mass is 438 g/mol. The number of fused-ring (bicyclic) bond motifs is 1. The third-order valence-corrected chi connectivity index (χ3v) is 6.48. The first kappa shape index (κ1) is 20.2. The number of thiophene rings is 2. The smallest absolute Gasteiger partial charge is 0.326 e. The summed E-state index contributed by atoms with van der Waals surface area (Å²) >= 11 is 2.93. The highest BCUT2D eigenvalue weighted by molar-refractivity contribution is 7.18. The molecule has 0 aliphatic heterocycles. The lowest BCUT2D eigenvalue weighted by atomic mass is 10.1. The van der Waals surface area contributed by atoms with Crippen molar-refractivity contribution >= 4 is 44.6 Å². The number of nitrogens with zero attached hydrogens (tertiary/aromatic N) is 2. The molecule has 0 aliphatic carbocycles. The summed E-state index contributed by atoms with van der Waals surface area (Å²) in [5.41, 5.74) is 2.12. The molecule has 152 valence electrons. The van der Waals surface area contributed by atoms with Crippen LogP contribution >= 0.6 is 22.7 Å². The minimum Gasteiger partial charge on any atom is -0.456 e. The topological polar surface area (TPSA) is 78.3 Å². The van der Waals surface area contributed by atoms with Gasteiger partial charge in [0, 0.05) is 21.4 Å². The summed E-state index contributed by atoms with van der Waals surface area (Å²) in [5.74, 6) is -0.950. The fourth-order valence-corrected chi connectivity index (χ4v) is 4.75. The maximum absolute atomic E-state index is 12.9. The van der Waals surface area contributed by atoms with Gasteiger partial charge in [-0.25, -0.2) is 4.98 Å². The number of Topliss-reactive ketones (excluding diaryl/α,β-unsaturated/α-hetero) is 1. The lowest BCUT2D eigenvalue weighted by molar-refractivity contribution is -0.143. The molecule has 0 radical (unpaired) electrons. The van der Waals surface area contributed by atoms with E-state index in [1.807, 2.05) is 41.9 Å². The Hall–Kier alpha value is -3.10. The van der Waals surface area contributed by atoms with Gasteiger partial charge in [-0.1, -0.05) is 37.3 Å². The van der Waals surface area contributed by atoms with Gasteiger partial charge in [0.05, 0.1) is 11.7 Å². The first-order valence-electron chi connectivity index (χ1n) is 9.35. The Morgan fingerprint density at radius 1 is 1.13 bits per heavy atom. The van der Waals surface area contributed by atoms with Crippen LogP contribution in [0.3, 0.4) is 0 Å². The van der Waals surface area contributed by atoms with Crippen molar-refractivity contribution in [2.75, 3.05) is 6.61 Å². The number of hydrogen-bond acceptors (Lipinski definition) is 7. The third kappa shape index (κ3) is 4.10. The molecule has 30 heavy (non-hydrogen) atoms. The molecule has 1 aromatic carbocycles. The minimum atomic E-state index is -0.662. The Morgan fingerprint density at radius 2 is 1.93 bits per heavy atom. The maximum Gasteiger partial charge on any atom is 0.326 e. The quantitative estimate of drug-likeness (QED) is 0.320. The van der Waals surface area contributed by atoms with Crippen molar-refractivity contribution in [2.45, 2.75) is 19.9 Å². The van der Waals surface area contributed by atoms with Gasteiger partial charge in [0.15, 0.2) is 12.4 Å². The van der Waals surface area contributed by atoms with E-state index in [2.05, 4.69) is 4.98 Å². The van der Waals surface area contributed by atoms with Gasteiger partial charge in [0.1, 0.15) is 11.4 Å². The zero-order chi connectivity index (χ0) is 21.1. The largest absolute Gasteiger partial charge is 0.456 e. The van der Waals surface area contributed by atoms with Gasteiger partial charge in [-0.15, -0.1) is 22.7 Å². The van der Waals surface area contributed by atoms with Crippen LogP contribution in [-0.2, 0) is 22.5 Å². The number of aryl methyl sites for hydroxylation is 1. The summed E-state index contributed by atoms with van der Waals surface area (Å²) in [6.07, 6.45) is 2.22. The molecule has 4 aromatic rings. The van der Waals surface area contributed by atoms with E-state index < -0.39 is 5.97 Å². The molecule has 3 heterocycles. The van der Waals surface area contributed by atoms with E-state index in [0.717, 1.165) is 22.4 Å². The highest BCUT2D eigenvalue weighted by Gasteiger charge is 2.16. The van der Waals surface area contributed by atoms with Crippen LogP contribution in [0.4, 0.5) is 0 Å². The van der Waals surface area contributed by atoms with Crippen molar-refractivity contribution in [1.29, 1.82) is 0 Å². The Balaban J connectivity index is 1.46. The van der Waals surface area contributed by atoms with Crippen molar-refractivity contribution < 1.29 is 14.3 Å². The van der Waals surface area contributed by atoms with Crippen molar-refractivity contribution in [2.24, 2.45) is 0 Å². The van der Waals surface area contributed by atoms with E-state index in [0.29, 0.717) is 15.8 Å². The lowest BCUT2D eigenvalue weighted by Gasteiger charge is -2.07. The number of carbonyl (C=O) groups excluding carboxylic acids is 2. The number of benzene rings is 1. The van der Waals surface area contributed by atoms with E-state index in [9.17, 15) is 14.4 Å². The zero-order valence-electron chi connectivity index (χ0n) is 16.2. The van der Waals surface area contributed by atoms with E-state index >= 15 is 0 Å². The summed E-state index contributed by atoms with van der Waals surface area (Å²) in [4.78, 5) is 43.3. The Labute approximate surface area is 180 Å². The molecule has 0 spiro atoms. The van der Waals surface area contributed by atoms with E-state index in [-0.39, 0.29) is 24.5 Å². The van der Waals surface area contributed by atoms with Gasteiger partial charge in [0.25, 0.3) is 5.56 Å². The molecule has 0 bridgehead atoms. The molecule has 3 aromatic heterocycles. The van der Waals surface area contributed by atoms with Crippen LogP contribution in [0.2, 0.25) is 0 Å². The zero-order valence-corrected chi connectivity index (χ0v) is 17.8. The summed E-state index contributed by atoms with van der Waals surface area (Å²) < 4.78 is 6.32. The normalized spacial score (nSPS) is 11.0. The summed E-state index contributed by atoms with van der Waals surface area (Å²) in [7, 11) is 0. The van der Waals surface area contributed by atoms with E-state index in [4.69, 9.17) is 4.74 Å². The number of ether oxygens (including phenoxy) is 1. The predicted molar refractivity (Wildman–Crippen MR) is 118 cm³/mol. The molecule has 0 N–H and O–H groups in total. The van der Waals surface area contributed by atoms with Crippen molar-refractivity contribution in [3.8, 4) is 10.4 Å². The fourth-order valence-electron chi connectivity index (χ4n) is 3.03. The van der Waals surface area contributed by atoms with Crippen LogP contribution < -0.4 is 5.56 Å². The highest BCUT2D eigenvalue weighted by atomic mass is 32.1. The second kappa shape index (κ2) is 8.73. The van der Waals surface area contributed by atoms with Crippen LogP contribution in [0.1, 0.15) is 22.8 Å². The van der Waals surface area contributed by atoms with Crippen molar-refractivity contribution in [3.05, 3.63) is 75.0 Å².